The molecular formula is C14H19N3O2. The van der Waals surface area contributed by atoms with Gasteiger partial charge in [-0.05, 0) is 26.0 Å². The lowest BCUT2D eigenvalue weighted by atomic mass is 10.0. The third-order valence-electron chi connectivity index (χ3n) is 3.49. The molecule has 5 heteroatoms. The van der Waals surface area contributed by atoms with Crippen molar-refractivity contribution >= 4 is 10.9 Å². The summed E-state index contributed by atoms with van der Waals surface area (Å²) in [7, 11) is 0. The summed E-state index contributed by atoms with van der Waals surface area (Å²) >= 11 is 0. The number of aryl methyl sites for hydroxylation is 1. The van der Waals surface area contributed by atoms with Gasteiger partial charge in [-0.2, -0.15) is 5.10 Å². The molecule has 5 nitrogen and oxygen atoms in total. The van der Waals surface area contributed by atoms with Gasteiger partial charge in [0.25, 0.3) is 0 Å². The minimum atomic E-state index is -0.447. The largest absolute Gasteiger partial charge is 0.491 e. The molecule has 1 aliphatic heterocycles. The molecule has 2 unspecified atom stereocenters. The predicted octanol–water partition coefficient (Wildman–Crippen LogP) is 0.988. The number of rotatable bonds is 2. The maximum atomic E-state index is 9.82. The second-order valence-electron chi connectivity index (χ2n) is 5.35. The topological polar surface area (TPSA) is 73.3 Å². The molecule has 0 aliphatic carbocycles. The third-order valence-corrected chi connectivity index (χ3v) is 3.49. The highest BCUT2D eigenvalue weighted by molar-refractivity contribution is 5.87. The van der Waals surface area contributed by atoms with Gasteiger partial charge in [0.05, 0.1) is 23.9 Å². The van der Waals surface area contributed by atoms with Gasteiger partial charge >= 0.3 is 0 Å². The molecule has 2 aromatic rings. The van der Waals surface area contributed by atoms with Crippen LogP contribution in [-0.2, 0) is 13.0 Å². The molecule has 1 aliphatic rings. The fourth-order valence-corrected chi connectivity index (χ4v) is 2.71. The molecule has 0 spiro atoms. The second kappa shape index (κ2) is 4.51. The number of hydrogen-bond donors (Lipinski definition) is 2. The van der Waals surface area contributed by atoms with E-state index in [0.29, 0.717) is 19.6 Å². The number of fused-ring (bicyclic) bond motifs is 3. The monoisotopic (exact) mass is 261 g/mol. The van der Waals surface area contributed by atoms with Crippen LogP contribution in [0, 0.1) is 6.92 Å². The highest BCUT2D eigenvalue weighted by Crippen LogP contribution is 2.33. The van der Waals surface area contributed by atoms with Crippen LogP contribution in [0.15, 0.2) is 12.1 Å². The normalized spacial score (nSPS) is 20.1. The average molecular weight is 261 g/mol. The van der Waals surface area contributed by atoms with Crippen molar-refractivity contribution in [2.75, 3.05) is 6.61 Å². The van der Waals surface area contributed by atoms with Crippen LogP contribution >= 0.6 is 0 Å². The first-order valence-electron chi connectivity index (χ1n) is 6.61. The number of nitrogens with zero attached hydrogens (tertiary/aromatic N) is 2. The summed E-state index contributed by atoms with van der Waals surface area (Å²) in [6.07, 6.45) is 0.161. The molecule has 0 amide bonds. The van der Waals surface area contributed by atoms with E-state index in [4.69, 9.17) is 10.5 Å². The summed E-state index contributed by atoms with van der Waals surface area (Å²) in [6.45, 7) is 4.98. The van der Waals surface area contributed by atoms with E-state index in [9.17, 15) is 5.11 Å². The van der Waals surface area contributed by atoms with Crippen molar-refractivity contribution in [3.05, 3.63) is 23.4 Å². The molecule has 0 radical (unpaired) electrons. The Hall–Kier alpha value is -1.59. The number of aliphatic hydroxyl groups excluding tert-OH is 1. The van der Waals surface area contributed by atoms with E-state index in [1.165, 1.54) is 0 Å². The number of ether oxygens (including phenoxy) is 1. The predicted molar refractivity (Wildman–Crippen MR) is 73.3 cm³/mol. The van der Waals surface area contributed by atoms with E-state index in [1.807, 2.05) is 30.7 Å². The van der Waals surface area contributed by atoms with Crippen molar-refractivity contribution in [3.63, 3.8) is 0 Å². The summed E-state index contributed by atoms with van der Waals surface area (Å²) < 4.78 is 7.53. The molecular weight excluding hydrogens is 242 g/mol. The Kier molecular flexibility index (Phi) is 2.95. The van der Waals surface area contributed by atoms with Gasteiger partial charge in [-0.25, -0.2) is 0 Å². The van der Waals surface area contributed by atoms with Crippen LogP contribution in [0.4, 0.5) is 0 Å². The molecule has 1 aromatic heterocycles. The van der Waals surface area contributed by atoms with Crippen LogP contribution in [0.1, 0.15) is 18.2 Å². The van der Waals surface area contributed by atoms with Gasteiger partial charge in [-0.1, -0.05) is 0 Å². The van der Waals surface area contributed by atoms with E-state index in [1.54, 1.807) is 0 Å². The van der Waals surface area contributed by atoms with Gasteiger partial charge in [0.15, 0.2) is 0 Å². The van der Waals surface area contributed by atoms with Gasteiger partial charge in [0, 0.05) is 23.4 Å². The molecule has 3 rings (SSSR count). The number of benzene rings is 1. The Morgan fingerprint density at radius 3 is 3.11 bits per heavy atom. The smallest absolute Gasteiger partial charge is 0.124 e. The standard InChI is InChI=1S/C14H19N3O2/c1-8(15)6-17-14-11(9(2)16-17)3-4-13-12(14)5-10(18)7-19-13/h3-4,8,10,18H,5-7,15H2,1-2H3. The molecule has 0 bridgehead atoms. The van der Waals surface area contributed by atoms with Gasteiger partial charge in [-0.15, -0.1) is 0 Å². The van der Waals surface area contributed by atoms with Gasteiger partial charge in [0.2, 0.25) is 0 Å². The molecule has 0 saturated carbocycles. The van der Waals surface area contributed by atoms with Crippen LogP contribution < -0.4 is 10.5 Å². The fourth-order valence-electron chi connectivity index (χ4n) is 2.71. The third kappa shape index (κ3) is 2.09. The van der Waals surface area contributed by atoms with Crippen molar-refractivity contribution in [3.8, 4) is 5.75 Å². The Balaban J connectivity index is 2.22. The highest BCUT2D eigenvalue weighted by Gasteiger charge is 2.23. The zero-order valence-electron chi connectivity index (χ0n) is 11.3. The first-order chi connectivity index (χ1) is 9.06. The van der Waals surface area contributed by atoms with Crippen molar-refractivity contribution < 1.29 is 9.84 Å². The number of aliphatic hydroxyl groups is 1. The number of aromatic nitrogens is 2. The van der Waals surface area contributed by atoms with E-state index >= 15 is 0 Å². The van der Waals surface area contributed by atoms with Crippen LogP contribution in [0.25, 0.3) is 10.9 Å². The van der Waals surface area contributed by atoms with Crippen molar-refractivity contribution in [1.82, 2.24) is 9.78 Å². The molecule has 102 valence electrons. The van der Waals surface area contributed by atoms with Crippen LogP contribution in [0.2, 0.25) is 0 Å². The zero-order chi connectivity index (χ0) is 13.6. The van der Waals surface area contributed by atoms with E-state index in [2.05, 4.69) is 5.10 Å². The van der Waals surface area contributed by atoms with Crippen molar-refractivity contribution in [2.45, 2.75) is 39.0 Å². The van der Waals surface area contributed by atoms with E-state index < -0.39 is 6.10 Å². The van der Waals surface area contributed by atoms with Crippen LogP contribution in [0.5, 0.6) is 5.75 Å². The molecule has 2 heterocycles. The molecule has 2 atom stereocenters. The van der Waals surface area contributed by atoms with Crippen molar-refractivity contribution in [2.24, 2.45) is 5.73 Å². The SMILES string of the molecule is Cc1nn(CC(C)N)c2c3c(ccc12)OCC(O)C3. The lowest BCUT2D eigenvalue weighted by Gasteiger charge is -2.23. The first-order valence-corrected chi connectivity index (χ1v) is 6.61. The van der Waals surface area contributed by atoms with Gasteiger partial charge in [-0.3, -0.25) is 4.68 Å². The fraction of sp³-hybridized carbons (Fsp3) is 0.500. The summed E-state index contributed by atoms with van der Waals surface area (Å²) in [5.74, 6) is 0.851. The minimum Gasteiger partial charge on any atom is -0.491 e. The Bertz CT molecular complexity index is 619. The summed E-state index contributed by atoms with van der Waals surface area (Å²) in [5.41, 5.74) is 8.96. The van der Waals surface area contributed by atoms with Gasteiger partial charge in [0.1, 0.15) is 12.4 Å². The molecule has 3 N–H and O–H groups in total. The van der Waals surface area contributed by atoms with Crippen LogP contribution in [-0.4, -0.2) is 33.6 Å². The zero-order valence-corrected chi connectivity index (χ0v) is 11.3. The number of nitrogens with two attached hydrogens (primary N) is 1. The molecule has 0 saturated heterocycles. The maximum Gasteiger partial charge on any atom is 0.124 e. The number of hydrogen-bond acceptors (Lipinski definition) is 4. The lowest BCUT2D eigenvalue weighted by Crippen LogP contribution is -2.27. The van der Waals surface area contributed by atoms with Gasteiger partial charge < -0.3 is 15.6 Å². The highest BCUT2D eigenvalue weighted by atomic mass is 16.5. The Morgan fingerprint density at radius 1 is 1.58 bits per heavy atom. The lowest BCUT2D eigenvalue weighted by molar-refractivity contribution is 0.0926. The molecule has 1 aromatic carbocycles. The molecule has 19 heavy (non-hydrogen) atoms. The molecule has 0 fully saturated rings. The summed E-state index contributed by atoms with van der Waals surface area (Å²) in [5, 5.41) is 15.5. The first kappa shape index (κ1) is 12.4. The average Bonchev–Trinajstić information content (AvgIpc) is 2.65. The van der Waals surface area contributed by atoms with Crippen molar-refractivity contribution in [1.29, 1.82) is 0 Å². The van der Waals surface area contributed by atoms with E-state index in [-0.39, 0.29) is 6.04 Å². The Labute approximate surface area is 112 Å². The summed E-state index contributed by atoms with van der Waals surface area (Å²) in [4.78, 5) is 0. The Morgan fingerprint density at radius 2 is 2.37 bits per heavy atom. The summed E-state index contributed by atoms with van der Waals surface area (Å²) in [6, 6.07) is 4.04. The van der Waals surface area contributed by atoms with E-state index in [0.717, 1.165) is 27.9 Å². The quantitative estimate of drug-likeness (QED) is 0.845. The second-order valence-corrected chi connectivity index (χ2v) is 5.35. The maximum absolute atomic E-state index is 9.82. The van der Waals surface area contributed by atoms with Crippen LogP contribution in [0.3, 0.4) is 0 Å². The minimum absolute atomic E-state index is 0.0350.